The number of carbonyl (C=O) groups excluding carboxylic acids is 1. The molecule has 1 aromatic heterocycles. The van der Waals surface area contributed by atoms with Crippen molar-refractivity contribution in [1.29, 1.82) is 0 Å². The summed E-state index contributed by atoms with van der Waals surface area (Å²) in [5, 5.41) is 6.19. The first-order valence-electron chi connectivity index (χ1n) is 9.75. The van der Waals surface area contributed by atoms with Crippen molar-refractivity contribution in [2.45, 2.75) is 12.8 Å². The quantitative estimate of drug-likeness (QED) is 0.641. The summed E-state index contributed by atoms with van der Waals surface area (Å²) in [5.41, 5.74) is 3.96. The van der Waals surface area contributed by atoms with E-state index in [0.717, 1.165) is 35.9 Å². The maximum Gasteiger partial charge on any atom is 0.274 e. The number of nitrogens with zero attached hydrogens (tertiary/aromatic N) is 2. The largest absolute Gasteiger partial charge is 0.497 e. The summed E-state index contributed by atoms with van der Waals surface area (Å²) in [5.74, 6) is 0.521. The lowest BCUT2D eigenvalue weighted by Gasteiger charge is -2.17. The fraction of sp³-hybridized carbons (Fsp3) is 0.217. The van der Waals surface area contributed by atoms with E-state index in [1.165, 1.54) is 18.5 Å². The average Bonchev–Trinajstić information content (AvgIpc) is 3.29. The van der Waals surface area contributed by atoms with E-state index in [0.29, 0.717) is 5.69 Å². The fourth-order valence-corrected chi connectivity index (χ4v) is 3.43. The molecule has 0 unspecified atom stereocenters. The molecule has 2 N–H and O–H groups in total. The molecule has 29 heavy (non-hydrogen) atoms. The normalized spacial score (nSPS) is 13.2. The number of amides is 1. The Labute approximate surface area is 170 Å². The summed E-state index contributed by atoms with van der Waals surface area (Å²) in [4.78, 5) is 19.2. The van der Waals surface area contributed by atoms with Gasteiger partial charge in [-0.25, -0.2) is 0 Å². The molecule has 2 aromatic carbocycles. The minimum Gasteiger partial charge on any atom is -0.497 e. The number of pyridine rings is 1. The summed E-state index contributed by atoms with van der Waals surface area (Å²) in [7, 11) is 1.63. The van der Waals surface area contributed by atoms with Crippen LogP contribution in [0, 0.1) is 0 Å². The topological polar surface area (TPSA) is 66.5 Å². The Hall–Kier alpha value is -3.54. The molecule has 3 aromatic rings. The van der Waals surface area contributed by atoms with E-state index in [2.05, 4.69) is 32.7 Å². The van der Waals surface area contributed by atoms with Crippen LogP contribution in [-0.4, -0.2) is 31.1 Å². The summed E-state index contributed by atoms with van der Waals surface area (Å²) < 4.78 is 5.24. The molecule has 0 saturated carbocycles. The molecule has 0 spiro atoms. The minimum atomic E-state index is -0.242. The van der Waals surface area contributed by atoms with Crippen molar-refractivity contribution in [2.75, 3.05) is 35.7 Å². The van der Waals surface area contributed by atoms with Crippen LogP contribution in [0.5, 0.6) is 5.75 Å². The van der Waals surface area contributed by atoms with Crippen LogP contribution in [0.15, 0.2) is 66.9 Å². The maximum absolute atomic E-state index is 12.6. The van der Waals surface area contributed by atoms with Crippen molar-refractivity contribution in [3.05, 3.63) is 72.6 Å². The van der Waals surface area contributed by atoms with Gasteiger partial charge in [0.05, 0.1) is 7.11 Å². The van der Waals surface area contributed by atoms with E-state index >= 15 is 0 Å². The molecule has 6 nitrogen and oxygen atoms in total. The summed E-state index contributed by atoms with van der Waals surface area (Å²) >= 11 is 0. The molecule has 2 heterocycles. The molecule has 0 bridgehead atoms. The van der Waals surface area contributed by atoms with Gasteiger partial charge in [0.15, 0.2) is 0 Å². The highest BCUT2D eigenvalue weighted by Gasteiger charge is 2.13. The van der Waals surface area contributed by atoms with Crippen molar-refractivity contribution in [3.8, 4) is 5.75 Å². The SMILES string of the molecule is COc1cccc(Nc2ccnc(C(=O)Nc3ccc(N4CCCC4)cc3)c2)c1. The number of aromatic nitrogens is 1. The smallest absolute Gasteiger partial charge is 0.274 e. The second-order valence-electron chi connectivity index (χ2n) is 6.98. The van der Waals surface area contributed by atoms with Gasteiger partial charge >= 0.3 is 0 Å². The second-order valence-corrected chi connectivity index (χ2v) is 6.98. The lowest BCUT2D eigenvalue weighted by atomic mass is 10.2. The van der Waals surface area contributed by atoms with Crippen LogP contribution in [-0.2, 0) is 0 Å². The van der Waals surface area contributed by atoms with Crippen molar-refractivity contribution in [1.82, 2.24) is 4.98 Å². The number of benzene rings is 2. The monoisotopic (exact) mass is 388 g/mol. The molecule has 1 amide bonds. The van der Waals surface area contributed by atoms with E-state index in [-0.39, 0.29) is 5.91 Å². The number of methoxy groups -OCH3 is 1. The zero-order chi connectivity index (χ0) is 20.1. The van der Waals surface area contributed by atoms with Crippen LogP contribution in [0.25, 0.3) is 0 Å². The first-order chi connectivity index (χ1) is 14.2. The van der Waals surface area contributed by atoms with Crippen LogP contribution < -0.4 is 20.3 Å². The Balaban J connectivity index is 1.42. The van der Waals surface area contributed by atoms with Gasteiger partial charge in [-0.2, -0.15) is 0 Å². The Morgan fingerprint density at radius 3 is 2.48 bits per heavy atom. The Kier molecular flexibility index (Phi) is 5.61. The Bertz CT molecular complexity index is 982. The van der Waals surface area contributed by atoms with Crippen LogP contribution in [0.3, 0.4) is 0 Å². The highest BCUT2D eigenvalue weighted by Crippen LogP contribution is 2.23. The van der Waals surface area contributed by atoms with Gasteiger partial charge in [-0.3, -0.25) is 9.78 Å². The molecule has 0 aliphatic carbocycles. The van der Waals surface area contributed by atoms with Gasteiger partial charge in [0.1, 0.15) is 11.4 Å². The third-order valence-corrected chi connectivity index (χ3v) is 4.95. The number of ether oxygens (including phenoxy) is 1. The average molecular weight is 388 g/mol. The number of carbonyl (C=O) groups is 1. The number of hydrogen-bond acceptors (Lipinski definition) is 5. The summed E-state index contributed by atoms with van der Waals surface area (Å²) in [6, 6.07) is 19.1. The predicted octanol–water partition coefficient (Wildman–Crippen LogP) is 4.69. The lowest BCUT2D eigenvalue weighted by molar-refractivity contribution is 0.102. The summed E-state index contributed by atoms with van der Waals surface area (Å²) in [6.07, 6.45) is 4.10. The van der Waals surface area contributed by atoms with E-state index in [9.17, 15) is 4.79 Å². The Morgan fingerprint density at radius 1 is 0.966 bits per heavy atom. The highest BCUT2D eigenvalue weighted by atomic mass is 16.5. The van der Waals surface area contributed by atoms with Gasteiger partial charge in [-0.15, -0.1) is 0 Å². The van der Waals surface area contributed by atoms with Crippen molar-refractivity contribution in [3.63, 3.8) is 0 Å². The van der Waals surface area contributed by atoms with Crippen LogP contribution >= 0.6 is 0 Å². The predicted molar refractivity (Wildman–Crippen MR) is 116 cm³/mol. The number of hydrogen-bond donors (Lipinski definition) is 2. The molecule has 1 aliphatic rings. The molecular weight excluding hydrogens is 364 g/mol. The van der Waals surface area contributed by atoms with Crippen LogP contribution in [0.2, 0.25) is 0 Å². The first kappa shape index (κ1) is 18.8. The van der Waals surface area contributed by atoms with Gasteiger partial charge in [-0.05, 0) is 61.4 Å². The molecule has 6 heteroatoms. The first-order valence-corrected chi connectivity index (χ1v) is 9.75. The number of nitrogens with one attached hydrogen (secondary N) is 2. The molecule has 1 aliphatic heterocycles. The maximum atomic E-state index is 12.6. The van der Waals surface area contributed by atoms with Gasteiger partial charge < -0.3 is 20.3 Å². The molecule has 4 rings (SSSR count). The van der Waals surface area contributed by atoms with Crippen molar-refractivity contribution < 1.29 is 9.53 Å². The van der Waals surface area contributed by atoms with Gasteiger partial charge in [-0.1, -0.05) is 6.07 Å². The van der Waals surface area contributed by atoms with Crippen LogP contribution in [0.1, 0.15) is 23.3 Å². The van der Waals surface area contributed by atoms with Gasteiger partial charge in [0, 0.05) is 48.1 Å². The van der Waals surface area contributed by atoms with E-state index in [4.69, 9.17) is 4.74 Å². The molecule has 0 radical (unpaired) electrons. The third kappa shape index (κ3) is 4.66. The standard InChI is InChI=1S/C23H24N4O2/c1-29-21-6-4-5-18(15-21)25-19-11-12-24-22(16-19)23(28)26-17-7-9-20(10-8-17)27-13-2-3-14-27/h4-12,15-16H,2-3,13-14H2,1H3,(H,24,25)(H,26,28). The highest BCUT2D eigenvalue weighted by molar-refractivity contribution is 6.03. The molecule has 0 atom stereocenters. The zero-order valence-corrected chi connectivity index (χ0v) is 16.4. The van der Waals surface area contributed by atoms with Crippen molar-refractivity contribution in [2.24, 2.45) is 0 Å². The summed E-state index contributed by atoms with van der Waals surface area (Å²) in [6.45, 7) is 2.20. The van der Waals surface area contributed by atoms with Crippen LogP contribution in [0.4, 0.5) is 22.7 Å². The van der Waals surface area contributed by atoms with E-state index in [1.807, 2.05) is 42.5 Å². The number of anilines is 4. The fourth-order valence-electron chi connectivity index (χ4n) is 3.43. The van der Waals surface area contributed by atoms with Gasteiger partial charge in [0.25, 0.3) is 5.91 Å². The molecular formula is C23H24N4O2. The molecule has 1 saturated heterocycles. The molecule has 148 valence electrons. The minimum absolute atomic E-state index is 0.242. The molecule has 1 fully saturated rings. The van der Waals surface area contributed by atoms with Crippen molar-refractivity contribution >= 4 is 28.7 Å². The zero-order valence-electron chi connectivity index (χ0n) is 16.4. The number of rotatable bonds is 6. The van der Waals surface area contributed by atoms with Gasteiger partial charge in [0.2, 0.25) is 0 Å². The van der Waals surface area contributed by atoms with E-state index < -0.39 is 0 Å². The lowest BCUT2D eigenvalue weighted by Crippen LogP contribution is -2.17. The van der Waals surface area contributed by atoms with E-state index in [1.54, 1.807) is 19.4 Å². The Morgan fingerprint density at radius 2 is 1.72 bits per heavy atom. The third-order valence-electron chi connectivity index (χ3n) is 4.95. The second kappa shape index (κ2) is 8.65.